The van der Waals surface area contributed by atoms with Crippen LogP contribution in [-0.4, -0.2) is 91.1 Å². The van der Waals surface area contributed by atoms with Gasteiger partial charge in [0.2, 0.25) is 0 Å². The van der Waals surface area contributed by atoms with Crippen molar-refractivity contribution >= 4 is 12.3 Å². The second-order valence-corrected chi connectivity index (χ2v) is 21.8. The fourth-order valence-electron chi connectivity index (χ4n) is 18.0. The van der Waals surface area contributed by atoms with Gasteiger partial charge in [-0.2, -0.15) is 0 Å². The summed E-state index contributed by atoms with van der Waals surface area (Å²) in [7, 11) is 1.90. The highest BCUT2D eigenvalue weighted by atomic mass is 16.5. The van der Waals surface area contributed by atoms with Crippen molar-refractivity contribution in [2.75, 3.05) is 7.05 Å². The van der Waals surface area contributed by atoms with Gasteiger partial charge in [-0.1, -0.05) is 81.2 Å². The molecule has 20 atom stereocenters. The molecule has 1 aliphatic heterocycles. The van der Waals surface area contributed by atoms with Crippen LogP contribution < -0.4 is 5.32 Å². The second-order valence-electron chi connectivity index (χ2n) is 21.8. The van der Waals surface area contributed by atoms with Crippen LogP contribution in [0.4, 0.5) is 0 Å². The SMILES string of the molecule is CN[C@H](Cc1ccccc1CO)[C@H]1C[C@@H]2C[C@]3(O)[C@]4(O)[C@@H](O)[C@@H]5C[C@H]6[C@H](C=CC[C@H]6C6CCCC6)C[C@@H]6[C@@H](O)C[C@@H]7C=C[C@H](C[C@]3(C)[C@H]2C2=CC(=O)O[C@H]21)[C@@H]4[C@]7(C=O)[C@@]65O. The average Bonchev–Trinajstić information content (AvgIpc) is 3.94. The van der Waals surface area contributed by atoms with Crippen molar-refractivity contribution < 1.29 is 45.0 Å². The number of aldehydes is 1. The van der Waals surface area contributed by atoms with Crippen LogP contribution in [0.25, 0.3) is 0 Å². The molecule has 0 amide bonds. The number of ether oxygens (including phenoxy) is 1. The molecule has 7 fully saturated rings. The number of carbonyl (C=O) groups is 2. The summed E-state index contributed by atoms with van der Waals surface area (Å²) in [5.74, 6) is -3.81. The van der Waals surface area contributed by atoms with Crippen molar-refractivity contribution in [3.8, 4) is 0 Å². The van der Waals surface area contributed by atoms with E-state index in [4.69, 9.17) is 4.74 Å². The maximum Gasteiger partial charge on any atom is 0.331 e. The lowest BCUT2D eigenvalue weighted by atomic mass is 9.31. The summed E-state index contributed by atoms with van der Waals surface area (Å²) in [5.41, 5.74) is -5.82. The summed E-state index contributed by atoms with van der Waals surface area (Å²) in [6.07, 6.45) is 16.6. The molecule has 324 valence electrons. The van der Waals surface area contributed by atoms with Gasteiger partial charge in [0.25, 0.3) is 0 Å². The number of fused-ring (bicyclic) bond motifs is 7. The highest BCUT2D eigenvalue weighted by molar-refractivity contribution is 5.86. The van der Waals surface area contributed by atoms with E-state index in [1.807, 2.05) is 50.4 Å². The van der Waals surface area contributed by atoms with Gasteiger partial charge in [0, 0.05) is 41.2 Å². The van der Waals surface area contributed by atoms with E-state index in [1.165, 1.54) is 12.8 Å². The number of carbonyl (C=O) groups excluding carboxylic acids is 2. The number of likely N-dealkylation sites (N-methyl/N-ethyl adjacent to an activating group) is 1. The monoisotopic (exact) mass is 823 g/mol. The maximum absolute atomic E-state index is 14.5. The van der Waals surface area contributed by atoms with Gasteiger partial charge >= 0.3 is 5.97 Å². The lowest BCUT2D eigenvalue weighted by molar-refractivity contribution is -0.388. The molecule has 10 aliphatic rings. The zero-order chi connectivity index (χ0) is 41.7. The Kier molecular flexibility index (Phi) is 9.12. The van der Waals surface area contributed by atoms with Crippen LogP contribution in [0.5, 0.6) is 0 Å². The quantitative estimate of drug-likeness (QED) is 0.120. The van der Waals surface area contributed by atoms with Gasteiger partial charge in [0.05, 0.1) is 29.8 Å². The predicted molar refractivity (Wildman–Crippen MR) is 221 cm³/mol. The van der Waals surface area contributed by atoms with Gasteiger partial charge in [-0.05, 0) is 122 Å². The molecular formula is C50H65NO9. The number of aliphatic hydroxyl groups excluding tert-OH is 3. The third-order valence-corrected chi connectivity index (χ3v) is 20.2. The number of allylic oxidation sites excluding steroid dienone is 4. The molecule has 10 heteroatoms. The van der Waals surface area contributed by atoms with Gasteiger partial charge in [-0.3, -0.25) is 0 Å². The summed E-state index contributed by atoms with van der Waals surface area (Å²) in [4.78, 5) is 27.9. The molecule has 7 saturated carbocycles. The number of esters is 1. The molecule has 0 unspecified atom stereocenters. The molecule has 0 radical (unpaired) electrons. The molecule has 0 bridgehead atoms. The van der Waals surface area contributed by atoms with Crippen LogP contribution in [0.15, 0.2) is 60.2 Å². The van der Waals surface area contributed by atoms with Crippen molar-refractivity contribution in [3.63, 3.8) is 0 Å². The third kappa shape index (κ3) is 4.80. The topological polar surface area (TPSA) is 177 Å². The minimum atomic E-state index is -2.19. The normalized spacial score (nSPS) is 52.5. The molecule has 11 rings (SSSR count). The highest BCUT2D eigenvalue weighted by Gasteiger charge is 2.87. The average molecular weight is 824 g/mol. The van der Waals surface area contributed by atoms with Crippen LogP contribution in [0, 0.1) is 81.8 Å². The Balaban J connectivity index is 1.04. The molecular weight excluding hydrogens is 759 g/mol. The molecule has 1 aromatic carbocycles. The molecule has 10 nitrogen and oxygen atoms in total. The van der Waals surface area contributed by atoms with Crippen molar-refractivity contribution in [1.82, 2.24) is 5.32 Å². The summed E-state index contributed by atoms with van der Waals surface area (Å²) in [5, 5.41) is 81.2. The van der Waals surface area contributed by atoms with E-state index in [1.54, 1.807) is 6.08 Å². The van der Waals surface area contributed by atoms with Gasteiger partial charge in [0.15, 0.2) is 0 Å². The number of hydrogen-bond donors (Lipinski definition) is 7. The first-order chi connectivity index (χ1) is 28.8. The first kappa shape index (κ1) is 40.1. The molecule has 0 aromatic heterocycles. The molecule has 0 spiro atoms. The number of benzene rings is 1. The standard InChI is InChI=1S/C50H65NO9/c1-46-22-29-14-15-32-19-40(54)37-17-28-12-7-13-33(26-8-3-4-9-26)34(28)20-38-45(56)50(59,44(29)47(32,25-53)49(37,38)58)48(46,57)23-31-16-35(43-36(42(31)46)21-41(55)60-43)39(51-2)18-27-10-5-6-11-30(27)24-52/h5-7,10-12,14-15,21,25-26,28-29,31-35,37-40,42-45,51-52,54,56-59H,3-4,8-9,13,16-20,22-24H2,1-2H3/t28-,29-,31-,32+,33+,34+,35-,37-,38+,39-,40+,42-,43+,44-,45+,46-,47-,48-,49-,50-/m1/s1. The zero-order valence-corrected chi connectivity index (χ0v) is 35.1. The Hall–Kier alpha value is -2.70. The van der Waals surface area contributed by atoms with E-state index in [2.05, 4.69) is 17.5 Å². The number of nitrogens with one attached hydrogen (secondary N) is 1. The van der Waals surface area contributed by atoms with E-state index in [9.17, 15) is 40.2 Å². The number of hydrogen-bond acceptors (Lipinski definition) is 10. The fraction of sp³-hybridized carbons (Fsp3) is 0.720. The summed E-state index contributed by atoms with van der Waals surface area (Å²) < 4.78 is 6.20. The third-order valence-electron chi connectivity index (χ3n) is 20.2. The van der Waals surface area contributed by atoms with E-state index < -0.39 is 81.5 Å². The van der Waals surface area contributed by atoms with Crippen LogP contribution in [0.1, 0.15) is 88.7 Å². The highest BCUT2D eigenvalue weighted by Crippen LogP contribution is 2.79. The van der Waals surface area contributed by atoms with Crippen LogP contribution in [0.2, 0.25) is 0 Å². The van der Waals surface area contributed by atoms with Gasteiger partial charge < -0.3 is 45.5 Å². The Bertz CT molecular complexity index is 2030. The first-order valence-electron chi connectivity index (χ1n) is 23.4. The van der Waals surface area contributed by atoms with Crippen LogP contribution in [0.3, 0.4) is 0 Å². The lowest BCUT2D eigenvalue weighted by Gasteiger charge is -2.76. The summed E-state index contributed by atoms with van der Waals surface area (Å²) in [6.45, 7) is 1.94. The second kappa shape index (κ2) is 13.7. The van der Waals surface area contributed by atoms with Gasteiger partial charge in [0.1, 0.15) is 23.6 Å². The maximum atomic E-state index is 14.5. The molecule has 1 heterocycles. The largest absolute Gasteiger partial charge is 0.454 e. The Morgan fingerprint density at radius 3 is 2.40 bits per heavy atom. The summed E-state index contributed by atoms with van der Waals surface area (Å²) in [6, 6.07) is 7.66. The van der Waals surface area contributed by atoms with Crippen LogP contribution in [-0.2, 0) is 27.4 Å². The van der Waals surface area contributed by atoms with Crippen LogP contribution >= 0.6 is 0 Å². The Morgan fingerprint density at radius 2 is 1.67 bits per heavy atom. The minimum Gasteiger partial charge on any atom is -0.454 e. The minimum absolute atomic E-state index is 0.0607. The van der Waals surface area contributed by atoms with Gasteiger partial charge in [-0.15, -0.1) is 0 Å². The van der Waals surface area contributed by atoms with E-state index >= 15 is 0 Å². The zero-order valence-electron chi connectivity index (χ0n) is 35.1. The molecule has 7 N–H and O–H groups in total. The fourth-order valence-corrected chi connectivity index (χ4v) is 18.0. The first-order valence-corrected chi connectivity index (χ1v) is 23.4. The van der Waals surface area contributed by atoms with E-state index in [0.29, 0.717) is 43.9 Å². The van der Waals surface area contributed by atoms with Gasteiger partial charge in [-0.25, -0.2) is 4.79 Å². The van der Waals surface area contributed by atoms with Crippen molar-refractivity contribution in [2.45, 2.75) is 132 Å². The predicted octanol–water partition coefficient (Wildman–Crippen LogP) is 4.19. The lowest BCUT2D eigenvalue weighted by Crippen LogP contribution is -2.88. The number of aliphatic hydroxyl groups is 6. The molecule has 9 aliphatic carbocycles. The smallest absolute Gasteiger partial charge is 0.331 e. The molecule has 60 heavy (non-hydrogen) atoms. The van der Waals surface area contributed by atoms with Crippen molar-refractivity contribution in [1.29, 1.82) is 0 Å². The molecule has 1 aromatic rings. The Labute approximate surface area is 353 Å². The van der Waals surface area contributed by atoms with Crippen molar-refractivity contribution in [2.24, 2.45) is 81.8 Å². The van der Waals surface area contributed by atoms with E-state index in [-0.39, 0.29) is 55.1 Å². The summed E-state index contributed by atoms with van der Waals surface area (Å²) >= 11 is 0. The number of rotatable bonds is 7. The van der Waals surface area contributed by atoms with Crippen molar-refractivity contribution in [3.05, 3.63) is 71.3 Å². The molecule has 0 saturated heterocycles. The van der Waals surface area contributed by atoms with E-state index in [0.717, 1.165) is 42.2 Å². The Morgan fingerprint density at radius 1 is 0.900 bits per heavy atom.